The molecular weight excluding hydrogens is 301 g/mol. The third kappa shape index (κ3) is 4.59. The lowest BCUT2D eigenvalue weighted by atomic mass is 10.2. The van der Waals surface area contributed by atoms with Gasteiger partial charge in [-0.3, -0.25) is 0 Å². The first-order valence-corrected chi connectivity index (χ1v) is 8.05. The molecular formula is C21H20FNO. The molecule has 0 bridgehead atoms. The number of hydrogen-bond donors (Lipinski definition) is 1. The smallest absolute Gasteiger partial charge is 0.128 e. The first kappa shape index (κ1) is 16.1. The zero-order chi connectivity index (χ0) is 16.6. The quantitative estimate of drug-likeness (QED) is 0.657. The van der Waals surface area contributed by atoms with Crippen LogP contribution in [-0.4, -0.2) is 6.61 Å². The molecule has 3 heteroatoms. The van der Waals surface area contributed by atoms with Crippen LogP contribution in [0.3, 0.4) is 0 Å². The minimum atomic E-state index is -0.194. The third-order valence-electron chi connectivity index (χ3n) is 3.78. The summed E-state index contributed by atoms with van der Waals surface area (Å²) in [6.07, 6.45) is 0.869. The highest BCUT2D eigenvalue weighted by Crippen LogP contribution is 2.19. The summed E-state index contributed by atoms with van der Waals surface area (Å²) in [4.78, 5) is 0. The molecule has 0 aliphatic rings. The summed E-state index contributed by atoms with van der Waals surface area (Å²) in [6, 6.07) is 24.8. The molecule has 0 unspecified atom stereocenters. The first-order chi connectivity index (χ1) is 11.8. The summed E-state index contributed by atoms with van der Waals surface area (Å²) in [5, 5.41) is 3.23. The van der Waals surface area contributed by atoms with E-state index in [1.807, 2.05) is 48.5 Å². The van der Waals surface area contributed by atoms with Crippen molar-refractivity contribution in [3.05, 3.63) is 95.8 Å². The summed E-state index contributed by atoms with van der Waals surface area (Å²) in [5.74, 6) is 0.615. The summed E-state index contributed by atoms with van der Waals surface area (Å²) < 4.78 is 19.4. The lowest BCUT2D eigenvalue weighted by molar-refractivity contribution is 0.322. The Kier molecular flexibility index (Phi) is 5.46. The fourth-order valence-corrected chi connectivity index (χ4v) is 2.47. The van der Waals surface area contributed by atoms with Crippen molar-refractivity contribution in [3.63, 3.8) is 0 Å². The van der Waals surface area contributed by atoms with E-state index >= 15 is 0 Å². The predicted octanol–water partition coefficient (Wildman–Crippen LogP) is 5.06. The molecule has 0 saturated carbocycles. The second-order valence-corrected chi connectivity index (χ2v) is 5.56. The monoisotopic (exact) mass is 321 g/mol. The van der Waals surface area contributed by atoms with Gasteiger partial charge in [0.05, 0.1) is 6.61 Å². The average Bonchev–Trinajstić information content (AvgIpc) is 2.62. The Morgan fingerprint density at radius 2 is 1.62 bits per heavy atom. The molecule has 3 rings (SSSR count). The van der Waals surface area contributed by atoms with Crippen molar-refractivity contribution in [2.75, 3.05) is 11.9 Å². The van der Waals surface area contributed by atoms with Crippen molar-refractivity contribution in [1.29, 1.82) is 0 Å². The molecule has 122 valence electrons. The van der Waals surface area contributed by atoms with E-state index in [1.165, 1.54) is 11.6 Å². The van der Waals surface area contributed by atoms with Crippen molar-refractivity contribution in [3.8, 4) is 5.75 Å². The second kappa shape index (κ2) is 8.16. The molecule has 0 radical (unpaired) electrons. The number of anilines is 1. The maximum atomic E-state index is 13.6. The van der Waals surface area contributed by atoms with Gasteiger partial charge in [-0.2, -0.15) is 0 Å². The van der Waals surface area contributed by atoms with Crippen molar-refractivity contribution in [2.45, 2.75) is 13.0 Å². The molecule has 0 atom stereocenters. The Bertz CT molecular complexity index is 774. The minimum absolute atomic E-state index is 0.194. The molecule has 24 heavy (non-hydrogen) atoms. The fourth-order valence-electron chi connectivity index (χ4n) is 2.47. The minimum Gasteiger partial charge on any atom is -0.493 e. The number of nitrogens with one attached hydrogen (secondary N) is 1. The van der Waals surface area contributed by atoms with E-state index in [4.69, 9.17) is 4.74 Å². The van der Waals surface area contributed by atoms with E-state index in [0.29, 0.717) is 18.7 Å². The lowest BCUT2D eigenvalue weighted by Crippen LogP contribution is -2.03. The van der Waals surface area contributed by atoms with Crippen LogP contribution in [0.25, 0.3) is 0 Å². The summed E-state index contributed by atoms with van der Waals surface area (Å²) in [5.41, 5.74) is 2.81. The lowest BCUT2D eigenvalue weighted by Gasteiger charge is -2.10. The van der Waals surface area contributed by atoms with Crippen molar-refractivity contribution < 1.29 is 9.13 Å². The standard InChI is InChI=1S/C21H20FNO/c22-21-12-5-4-9-18(21)16-23-19-10-6-11-20(15-19)24-14-13-17-7-2-1-3-8-17/h1-12,15,23H,13-14,16H2. The van der Waals surface area contributed by atoms with Crippen LogP contribution in [-0.2, 0) is 13.0 Å². The van der Waals surface area contributed by atoms with Gasteiger partial charge in [0, 0.05) is 30.3 Å². The maximum Gasteiger partial charge on any atom is 0.128 e. The van der Waals surface area contributed by atoms with Gasteiger partial charge in [0.15, 0.2) is 0 Å². The fraction of sp³-hybridized carbons (Fsp3) is 0.143. The molecule has 0 aliphatic heterocycles. The molecule has 3 aromatic carbocycles. The molecule has 0 fully saturated rings. The zero-order valence-electron chi connectivity index (χ0n) is 13.4. The average molecular weight is 321 g/mol. The first-order valence-electron chi connectivity index (χ1n) is 8.05. The highest BCUT2D eigenvalue weighted by atomic mass is 19.1. The van der Waals surface area contributed by atoms with Gasteiger partial charge >= 0.3 is 0 Å². The van der Waals surface area contributed by atoms with Gasteiger partial charge in [0.25, 0.3) is 0 Å². The van der Waals surface area contributed by atoms with Gasteiger partial charge < -0.3 is 10.1 Å². The topological polar surface area (TPSA) is 21.3 Å². The summed E-state index contributed by atoms with van der Waals surface area (Å²) in [7, 11) is 0. The van der Waals surface area contributed by atoms with Crippen LogP contribution in [0, 0.1) is 5.82 Å². The molecule has 3 aromatic rings. The van der Waals surface area contributed by atoms with E-state index in [0.717, 1.165) is 17.9 Å². The van der Waals surface area contributed by atoms with Crippen molar-refractivity contribution >= 4 is 5.69 Å². The van der Waals surface area contributed by atoms with Crippen LogP contribution < -0.4 is 10.1 Å². The van der Waals surface area contributed by atoms with Crippen LogP contribution in [0.1, 0.15) is 11.1 Å². The molecule has 0 spiro atoms. The Morgan fingerprint density at radius 3 is 2.46 bits per heavy atom. The van der Waals surface area contributed by atoms with Gasteiger partial charge in [-0.05, 0) is 23.8 Å². The van der Waals surface area contributed by atoms with E-state index in [1.54, 1.807) is 12.1 Å². The Balaban J connectivity index is 1.53. The van der Waals surface area contributed by atoms with Crippen LogP contribution in [0.2, 0.25) is 0 Å². The van der Waals surface area contributed by atoms with Crippen LogP contribution in [0.4, 0.5) is 10.1 Å². The number of rotatable bonds is 7. The van der Waals surface area contributed by atoms with Crippen LogP contribution in [0.15, 0.2) is 78.9 Å². The molecule has 0 saturated heterocycles. The highest BCUT2D eigenvalue weighted by Gasteiger charge is 2.02. The van der Waals surface area contributed by atoms with Crippen LogP contribution >= 0.6 is 0 Å². The van der Waals surface area contributed by atoms with E-state index in [-0.39, 0.29) is 5.82 Å². The van der Waals surface area contributed by atoms with E-state index in [2.05, 4.69) is 17.4 Å². The zero-order valence-corrected chi connectivity index (χ0v) is 13.4. The molecule has 0 amide bonds. The highest BCUT2D eigenvalue weighted by molar-refractivity contribution is 5.48. The summed E-state index contributed by atoms with van der Waals surface area (Å²) in [6.45, 7) is 1.07. The Morgan fingerprint density at radius 1 is 0.833 bits per heavy atom. The maximum absolute atomic E-state index is 13.6. The van der Waals surface area contributed by atoms with Gasteiger partial charge in [0.2, 0.25) is 0 Å². The number of ether oxygens (including phenoxy) is 1. The second-order valence-electron chi connectivity index (χ2n) is 5.56. The van der Waals surface area contributed by atoms with Crippen molar-refractivity contribution in [2.24, 2.45) is 0 Å². The predicted molar refractivity (Wildman–Crippen MR) is 95.8 cm³/mol. The third-order valence-corrected chi connectivity index (χ3v) is 3.78. The number of benzene rings is 3. The Labute approximate surface area is 141 Å². The molecule has 2 nitrogen and oxygen atoms in total. The van der Waals surface area contributed by atoms with Crippen LogP contribution in [0.5, 0.6) is 5.75 Å². The van der Waals surface area contributed by atoms with Crippen molar-refractivity contribution in [1.82, 2.24) is 0 Å². The summed E-state index contributed by atoms with van der Waals surface area (Å²) >= 11 is 0. The number of hydrogen-bond acceptors (Lipinski definition) is 2. The van der Waals surface area contributed by atoms with Gasteiger partial charge in [-0.25, -0.2) is 4.39 Å². The number of halogens is 1. The molecule has 0 aromatic heterocycles. The van der Waals surface area contributed by atoms with Gasteiger partial charge in [0.1, 0.15) is 11.6 Å². The SMILES string of the molecule is Fc1ccccc1CNc1cccc(OCCc2ccccc2)c1. The van der Waals surface area contributed by atoms with Gasteiger partial charge in [-0.15, -0.1) is 0 Å². The largest absolute Gasteiger partial charge is 0.493 e. The molecule has 0 heterocycles. The molecule has 1 N–H and O–H groups in total. The Hall–Kier alpha value is -2.81. The van der Waals surface area contributed by atoms with E-state index in [9.17, 15) is 4.39 Å². The molecule has 0 aliphatic carbocycles. The van der Waals surface area contributed by atoms with Gasteiger partial charge in [-0.1, -0.05) is 54.6 Å². The normalized spacial score (nSPS) is 10.4. The van der Waals surface area contributed by atoms with E-state index < -0.39 is 0 Å².